The molecule has 0 aromatic heterocycles. The van der Waals surface area contributed by atoms with E-state index in [1.807, 2.05) is 0 Å². The van der Waals surface area contributed by atoms with E-state index in [1.54, 1.807) is 19.2 Å². The van der Waals surface area contributed by atoms with Gasteiger partial charge in [-0.1, -0.05) is 0 Å². The van der Waals surface area contributed by atoms with Crippen molar-refractivity contribution in [2.45, 2.75) is 6.54 Å². The Bertz CT molecular complexity index is 514. The smallest absolute Gasteiger partial charge is 0.270 e. The van der Waals surface area contributed by atoms with Crippen molar-refractivity contribution in [3.05, 3.63) is 33.9 Å². The first-order valence-corrected chi connectivity index (χ1v) is 8.36. The van der Waals surface area contributed by atoms with Crippen LogP contribution in [-0.4, -0.2) is 69.3 Å². The third-order valence-corrected chi connectivity index (χ3v) is 4.04. The highest BCUT2D eigenvalue weighted by Crippen LogP contribution is 2.25. The second-order valence-electron chi connectivity index (χ2n) is 5.78. The van der Waals surface area contributed by atoms with E-state index in [-0.39, 0.29) is 10.6 Å². The van der Waals surface area contributed by atoms with E-state index in [0.29, 0.717) is 12.3 Å². The van der Waals surface area contributed by atoms with Gasteiger partial charge in [0.15, 0.2) is 0 Å². The largest absolute Gasteiger partial charge is 0.496 e. The molecule has 8 heteroatoms. The Morgan fingerprint density at radius 2 is 1.67 bits per heavy atom. The van der Waals surface area contributed by atoms with Crippen LogP contribution in [0.15, 0.2) is 18.2 Å². The maximum atomic E-state index is 11.0. The second-order valence-corrected chi connectivity index (χ2v) is 5.78. The summed E-state index contributed by atoms with van der Waals surface area (Å²) < 4.78 is 5.37. The van der Waals surface area contributed by atoms with E-state index in [9.17, 15) is 10.1 Å². The van der Waals surface area contributed by atoms with Crippen molar-refractivity contribution < 1.29 is 9.66 Å². The van der Waals surface area contributed by atoms with Crippen molar-refractivity contribution in [1.82, 2.24) is 20.9 Å². The van der Waals surface area contributed by atoms with Crippen LogP contribution in [0.3, 0.4) is 0 Å². The standard InChI is InChI=1S/C16H27N5O3/c1-24-16-3-2-15(21(22)23)12-14(16)13-20-10-8-18-6-4-17-5-7-19-9-11-20/h2-3,12,17-19H,4-11,13H2,1H3. The number of benzene rings is 1. The monoisotopic (exact) mass is 337 g/mol. The van der Waals surface area contributed by atoms with Crippen molar-refractivity contribution in [2.24, 2.45) is 0 Å². The van der Waals surface area contributed by atoms with Gasteiger partial charge in [-0.05, 0) is 6.07 Å². The molecule has 0 radical (unpaired) electrons. The van der Waals surface area contributed by atoms with Gasteiger partial charge in [0, 0.05) is 76.6 Å². The van der Waals surface area contributed by atoms with Gasteiger partial charge in [0.2, 0.25) is 0 Å². The van der Waals surface area contributed by atoms with Gasteiger partial charge in [0.25, 0.3) is 5.69 Å². The zero-order chi connectivity index (χ0) is 17.2. The molecule has 2 rings (SSSR count). The highest BCUT2D eigenvalue weighted by Gasteiger charge is 2.14. The molecule has 0 spiro atoms. The lowest BCUT2D eigenvalue weighted by Crippen LogP contribution is -2.41. The molecule has 0 aliphatic carbocycles. The van der Waals surface area contributed by atoms with Crippen LogP contribution in [0.5, 0.6) is 5.75 Å². The molecular weight excluding hydrogens is 310 g/mol. The summed E-state index contributed by atoms with van der Waals surface area (Å²) in [5.41, 5.74) is 0.947. The third-order valence-electron chi connectivity index (χ3n) is 4.04. The first-order valence-electron chi connectivity index (χ1n) is 8.36. The molecule has 134 valence electrons. The Hall–Kier alpha value is -1.74. The van der Waals surface area contributed by atoms with Crippen LogP contribution in [0.4, 0.5) is 5.69 Å². The molecule has 1 aliphatic rings. The summed E-state index contributed by atoms with van der Waals surface area (Å²) in [5.74, 6) is 0.692. The number of nitro benzene ring substituents is 1. The van der Waals surface area contributed by atoms with Crippen molar-refractivity contribution in [2.75, 3.05) is 59.5 Å². The normalized spacial score (nSPS) is 18.4. The number of non-ortho nitro benzene ring substituents is 1. The predicted molar refractivity (Wildman–Crippen MR) is 93.5 cm³/mol. The molecule has 0 bridgehead atoms. The lowest BCUT2D eigenvalue weighted by Gasteiger charge is -2.24. The number of rotatable bonds is 4. The topological polar surface area (TPSA) is 91.7 Å². The van der Waals surface area contributed by atoms with E-state index >= 15 is 0 Å². The molecule has 1 saturated heterocycles. The summed E-state index contributed by atoms with van der Waals surface area (Å²) >= 11 is 0. The highest BCUT2D eigenvalue weighted by molar-refractivity contribution is 5.43. The zero-order valence-corrected chi connectivity index (χ0v) is 14.2. The van der Waals surface area contributed by atoms with Gasteiger partial charge in [0.1, 0.15) is 5.75 Å². The number of hydrogen-bond acceptors (Lipinski definition) is 7. The van der Waals surface area contributed by atoms with Gasteiger partial charge >= 0.3 is 0 Å². The van der Waals surface area contributed by atoms with E-state index in [2.05, 4.69) is 20.9 Å². The minimum absolute atomic E-state index is 0.0995. The predicted octanol–water partition coefficient (Wildman–Crippen LogP) is 0.188. The van der Waals surface area contributed by atoms with Crippen molar-refractivity contribution >= 4 is 5.69 Å². The Morgan fingerprint density at radius 3 is 2.21 bits per heavy atom. The quantitative estimate of drug-likeness (QED) is 0.533. The Balaban J connectivity index is 2.04. The molecule has 8 nitrogen and oxygen atoms in total. The Morgan fingerprint density at radius 1 is 1.08 bits per heavy atom. The fraction of sp³-hybridized carbons (Fsp3) is 0.625. The van der Waals surface area contributed by atoms with Crippen LogP contribution in [0.1, 0.15) is 5.56 Å². The average molecular weight is 337 g/mol. The number of nitro groups is 1. The SMILES string of the molecule is COc1ccc([N+](=O)[O-])cc1CN1CCNCCNCCNCC1. The lowest BCUT2D eigenvalue weighted by molar-refractivity contribution is -0.384. The Labute approximate surface area is 142 Å². The van der Waals surface area contributed by atoms with E-state index < -0.39 is 0 Å². The van der Waals surface area contributed by atoms with Crippen molar-refractivity contribution in [3.8, 4) is 5.75 Å². The number of nitrogens with one attached hydrogen (secondary N) is 3. The molecule has 1 heterocycles. The molecular formula is C16H27N5O3. The number of ether oxygens (including phenoxy) is 1. The average Bonchev–Trinajstić information content (AvgIpc) is 2.57. The molecule has 1 aromatic rings. The highest BCUT2D eigenvalue weighted by atomic mass is 16.6. The van der Waals surface area contributed by atoms with Gasteiger partial charge < -0.3 is 20.7 Å². The number of nitrogens with zero attached hydrogens (tertiary/aromatic N) is 2. The van der Waals surface area contributed by atoms with Gasteiger partial charge in [-0.2, -0.15) is 0 Å². The van der Waals surface area contributed by atoms with Crippen LogP contribution >= 0.6 is 0 Å². The van der Waals surface area contributed by atoms with Crippen LogP contribution < -0.4 is 20.7 Å². The molecule has 0 amide bonds. The maximum Gasteiger partial charge on any atom is 0.270 e. The number of methoxy groups -OCH3 is 1. The van der Waals surface area contributed by atoms with Crippen LogP contribution in [0.25, 0.3) is 0 Å². The molecule has 3 N–H and O–H groups in total. The summed E-state index contributed by atoms with van der Waals surface area (Å²) in [6.45, 7) is 7.97. The molecule has 24 heavy (non-hydrogen) atoms. The molecule has 1 aliphatic heterocycles. The summed E-state index contributed by atoms with van der Waals surface area (Å²) in [5, 5.41) is 21.2. The molecule has 1 aromatic carbocycles. The summed E-state index contributed by atoms with van der Waals surface area (Å²) in [6, 6.07) is 4.76. The van der Waals surface area contributed by atoms with Crippen LogP contribution in [0.2, 0.25) is 0 Å². The minimum atomic E-state index is -0.366. The fourth-order valence-corrected chi connectivity index (χ4v) is 2.72. The van der Waals surface area contributed by atoms with Crippen LogP contribution in [-0.2, 0) is 6.54 Å². The third kappa shape index (κ3) is 6.04. The van der Waals surface area contributed by atoms with Crippen molar-refractivity contribution in [3.63, 3.8) is 0 Å². The molecule has 0 atom stereocenters. The van der Waals surface area contributed by atoms with E-state index in [0.717, 1.165) is 57.9 Å². The first-order chi connectivity index (χ1) is 11.7. The fourth-order valence-electron chi connectivity index (χ4n) is 2.72. The summed E-state index contributed by atoms with van der Waals surface area (Å²) in [7, 11) is 1.59. The van der Waals surface area contributed by atoms with Gasteiger partial charge in [-0.3, -0.25) is 15.0 Å². The zero-order valence-electron chi connectivity index (χ0n) is 14.2. The van der Waals surface area contributed by atoms with Crippen molar-refractivity contribution in [1.29, 1.82) is 0 Å². The van der Waals surface area contributed by atoms with E-state index in [4.69, 9.17) is 4.74 Å². The molecule has 0 unspecified atom stereocenters. The first kappa shape index (κ1) is 18.6. The van der Waals surface area contributed by atoms with Gasteiger partial charge in [0.05, 0.1) is 12.0 Å². The second kappa shape index (κ2) is 10.2. The number of hydrogen-bond donors (Lipinski definition) is 3. The van der Waals surface area contributed by atoms with E-state index in [1.165, 1.54) is 6.07 Å². The summed E-state index contributed by atoms with van der Waals surface area (Å²) in [6.07, 6.45) is 0. The Kier molecular flexibility index (Phi) is 7.90. The maximum absolute atomic E-state index is 11.0. The lowest BCUT2D eigenvalue weighted by atomic mass is 10.1. The van der Waals surface area contributed by atoms with Gasteiger partial charge in [-0.25, -0.2) is 0 Å². The van der Waals surface area contributed by atoms with Crippen LogP contribution in [0, 0.1) is 10.1 Å². The summed E-state index contributed by atoms with van der Waals surface area (Å²) in [4.78, 5) is 12.9. The molecule has 1 fully saturated rings. The van der Waals surface area contributed by atoms with Gasteiger partial charge in [-0.15, -0.1) is 0 Å². The minimum Gasteiger partial charge on any atom is -0.496 e. The molecule has 0 saturated carbocycles.